The summed E-state index contributed by atoms with van der Waals surface area (Å²) in [6, 6.07) is 8.97. The lowest BCUT2D eigenvalue weighted by atomic mass is 10.3. The third-order valence-corrected chi connectivity index (χ3v) is 2.94. The van der Waals surface area contributed by atoms with Gasteiger partial charge in [0.05, 0.1) is 19.0 Å². The quantitative estimate of drug-likeness (QED) is 0.740. The normalized spacial score (nSPS) is 10.8. The lowest BCUT2D eigenvalue weighted by Gasteiger charge is -2.08. The summed E-state index contributed by atoms with van der Waals surface area (Å²) < 4.78 is 12.6. The molecule has 0 aliphatic carbocycles. The average Bonchev–Trinajstić information content (AvgIpc) is 2.79. The topological polar surface area (TPSA) is 48.7 Å². The number of hydrogen-bond donors (Lipinski definition) is 0. The number of fused-ring (bicyclic) bond motifs is 1. The summed E-state index contributed by atoms with van der Waals surface area (Å²) in [4.78, 5) is 4.38. The summed E-state index contributed by atoms with van der Waals surface area (Å²) in [6.45, 7) is 1.89. The first-order valence-electron chi connectivity index (χ1n) is 6.00. The Labute approximate surface area is 120 Å². The van der Waals surface area contributed by atoms with Gasteiger partial charge in [0.1, 0.15) is 11.5 Å². The molecule has 0 atom stereocenters. The van der Waals surface area contributed by atoms with Crippen LogP contribution in [-0.4, -0.2) is 21.7 Å². The van der Waals surface area contributed by atoms with E-state index >= 15 is 0 Å². The van der Waals surface area contributed by atoms with Crippen molar-refractivity contribution in [3.8, 4) is 17.2 Å². The van der Waals surface area contributed by atoms with E-state index in [2.05, 4.69) is 10.1 Å². The molecule has 0 amide bonds. The Balaban J connectivity index is 2.05. The number of imidazole rings is 1. The molecule has 0 saturated carbocycles. The fourth-order valence-corrected chi connectivity index (χ4v) is 2.08. The van der Waals surface area contributed by atoms with Gasteiger partial charge in [-0.3, -0.25) is 0 Å². The van der Waals surface area contributed by atoms with E-state index in [1.54, 1.807) is 30.0 Å². The summed E-state index contributed by atoms with van der Waals surface area (Å²) >= 11 is 5.99. The van der Waals surface area contributed by atoms with Crippen molar-refractivity contribution in [2.75, 3.05) is 7.11 Å². The average molecular weight is 290 g/mol. The lowest BCUT2D eigenvalue weighted by molar-refractivity contribution is 0.409. The number of aromatic nitrogens is 3. The molecule has 1 aromatic carbocycles. The van der Waals surface area contributed by atoms with Crippen molar-refractivity contribution in [2.24, 2.45) is 0 Å². The van der Waals surface area contributed by atoms with Gasteiger partial charge in [0, 0.05) is 12.1 Å². The number of aryl methyl sites for hydroxylation is 1. The molecule has 0 radical (unpaired) electrons. The van der Waals surface area contributed by atoms with E-state index in [1.165, 1.54) is 0 Å². The van der Waals surface area contributed by atoms with E-state index in [1.807, 2.05) is 25.1 Å². The monoisotopic (exact) mass is 289 g/mol. The van der Waals surface area contributed by atoms with Gasteiger partial charge in [-0.05, 0) is 19.1 Å². The van der Waals surface area contributed by atoms with Gasteiger partial charge in [-0.15, -0.1) is 0 Å². The molecule has 6 heteroatoms. The summed E-state index contributed by atoms with van der Waals surface area (Å²) in [6.07, 6.45) is 1.79. The summed E-state index contributed by atoms with van der Waals surface area (Å²) in [7, 11) is 1.61. The van der Waals surface area contributed by atoms with Crippen LogP contribution in [0.1, 0.15) is 5.69 Å². The highest BCUT2D eigenvalue weighted by Gasteiger charge is 2.10. The maximum Gasteiger partial charge on any atom is 0.197 e. The predicted molar refractivity (Wildman–Crippen MR) is 75.8 cm³/mol. The van der Waals surface area contributed by atoms with Crippen molar-refractivity contribution in [3.05, 3.63) is 47.4 Å². The third kappa shape index (κ3) is 2.40. The number of halogens is 1. The zero-order chi connectivity index (χ0) is 14.1. The number of benzene rings is 1. The van der Waals surface area contributed by atoms with Crippen LogP contribution >= 0.6 is 11.6 Å². The van der Waals surface area contributed by atoms with E-state index < -0.39 is 0 Å². The van der Waals surface area contributed by atoms with E-state index in [0.717, 1.165) is 11.4 Å². The van der Waals surface area contributed by atoms with Crippen molar-refractivity contribution in [1.82, 2.24) is 14.6 Å². The van der Waals surface area contributed by atoms with Crippen LogP contribution in [0.2, 0.25) is 5.15 Å². The highest BCUT2D eigenvalue weighted by molar-refractivity contribution is 6.29. The molecular weight excluding hydrogens is 278 g/mol. The minimum absolute atomic E-state index is 0.341. The Morgan fingerprint density at radius 3 is 2.80 bits per heavy atom. The first-order chi connectivity index (χ1) is 9.65. The molecule has 0 aliphatic heterocycles. The molecule has 2 aromatic heterocycles. The smallest absolute Gasteiger partial charge is 0.197 e. The van der Waals surface area contributed by atoms with Crippen LogP contribution in [-0.2, 0) is 0 Å². The predicted octanol–water partition coefficient (Wildman–Crippen LogP) is 3.49. The molecule has 20 heavy (non-hydrogen) atoms. The van der Waals surface area contributed by atoms with E-state index in [4.69, 9.17) is 21.1 Å². The van der Waals surface area contributed by atoms with Crippen LogP contribution in [0, 0.1) is 6.92 Å². The first kappa shape index (κ1) is 12.7. The van der Waals surface area contributed by atoms with Gasteiger partial charge in [-0.1, -0.05) is 17.7 Å². The zero-order valence-corrected chi connectivity index (χ0v) is 11.8. The molecule has 0 saturated heterocycles. The van der Waals surface area contributed by atoms with Crippen molar-refractivity contribution in [3.63, 3.8) is 0 Å². The molecule has 0 N–H and O–H groups in total. The number of ether oxygens (including phenoxy) is 2. The zero-order valence-electron chi connectivity index (χ0n) is 11.0. The van der Waals surface area contributed by atoms with Crippen molar-refractivity contribution in [1.29, 1.82) is 0 Å². The Kier molecular flexibility index (Phi) is 3.20. The van der Waals surface area contributed by atoms with Gasteiger partial charge >= 0.3 is 0 Å². The molecule has 0 spiro atoms. The molecule has 0 aliphatic rings. The molecular formula is C14H12ClN3O2. The number of hydrogen-bond acceptors (Lipinski definition) is 4. The molecule has 0 unspecified atom stereocenters. The van der Waals surface area contributed by atoms with Crippen LogP contribution in [0.25, 0.3) is 5.65 Å². The highest BCUT2D eigenvalue weighted by atomic mass is 35.5. The van der Waals surface area contributed by atoms with Gasteiger partial charge in [-0.25, -0.2) is 9.50 Å². The van der Waals surface area contributed by atoms with E-state index in [0.29, 0.717) is 22.3 Å². The van der Waals surface area contributed by atoms with Crippen LogP contribution in [0.4, 0.5) is 0 Å². The van der Waals surface area contributed by atoms with Crippen molar-refractivity contribution >= 4 is 17.2 Å². The van der Waals surface area contributed by atoms with Gasteiger partial charge in [0.2, 0.25) is 0 Å². The maximum atomic E-state index is 5.99. The van der Waals surface area contributed by atoms with Gasteiger partial charge in [0.25, 0.3) is 0 Å². The van der Waals surface area contributed by atoms with Gasteiger partial charge < -0.3 is 9.47 Å². The Hall–Kier alpha value is -2.27. The van der Waals surface area contributed by atoms with Crippen LogP contribution in [0.3, 0.4) is 0 Å². The SMILES string of the molecule is COc1cccc(Oc2cc(Cl)nn3cc(C)nc23)c1. The Morgan fingerprint density at radius 1 is 1.20 bits per heavy atom. The van der Waals surface area contributed by atoms with Crippen LogP contribution in [0.5, 0.6) is 17.2 Å². The number of nitrogens with zero attached hydrogens (tertiary/aromatic N) is 3. The van der Waals surface area contributed by atoms with E-state index in [9.17, 15) is 0 Å². The minimum Gasteiger partial charge on any atom is -0.497 e. The fourth-order valence-electron chi connectivity index (χ4n) is 1.90. The van der Waals surface area contributed by atoms with Crippen molar-refractivity contribution in [2.45, 2.75) is 6.92 Å². The second-order valence-electron chi connectivity index (χ2n) is 4.26. The second kappa shape index (κ2) is 5.02. The fraction of sp³-hybridized carbons (Fsp3) is 0.143. The maximum absolute atomic E-state index is 5.99. The first-order valence-corrected chi connectivity index (χ1v) is 6.38. The number of methoxy groups -OCH3 is 1. The Bertz CT molecular complexity index is 770. The van der Waals surface area contributed by atoms with Gasteiger partial charge in [-0.2, -0.15) is 5.10 Å². The number of rotatable bonds is 3. The summed E-state index contributed by atoms with van der Waals surface area (Å²) in [5.74, 6) is 1.92. The molecule has 3 aromatic rings. The molecule has 5 nitrogen and oxygen atoms in total. The van der Waals surface area contributed by atoms with Crippen LogP contribution in [0.15, 0.2) is 36.5 Å². The molecule has 2 heterocycles. The van der Waals surface area contributed by atoms with Crippen molar-refractivity contribution < 1.29 is 9.47 Å². The standard InChI is InChI=1S/C14H12ClN3O2/c1-9-8-18-14(16-9)12(7-13(15)17-18)20-11-5-3-4-10(6-11)19-2/h3-8H,1-2H3. The highest BCUT2D eigenvalue weighted by Crippen LogP contribution is 2.29. The third-order valence-electron chi connectivity index (χ3n) is 2.75. The molecule has 0 bridgehead atoms. The minimum atomic E-state index is 0.341. The summed E-state index contributed by atoms with van der Waals surface area (Å²) in [5, 5.41) is 4.49. The molecule has 3 rings (SSSR count). The lowest BCUT2D eigenvalue weighted by Crippen LogP contribution is -1.95. The Morgan fingerprint density at radius 2 is 2.00 bits per heavy atom. The molecule has 0 fully saturated rings. The summed E-state index contributed by atoms with van der Waals surface area (Å²) in [5.41, 5.74) is 1.46. The van der Waals surface area contributed by atoms with Gasteiger partial charge in [0.15, 0.2) is 16.5 Å². The second-order valence-corrected chi connectivity index (χ2v) is 4.65. The largest absolute Gasteiger partial charge is 0.497 e. The van der Waals surface area contributed by atoms with E-state index in [-0.39, 0.29) is 0 Å². The molecule has 102 valence electrons. The van der Waals surface area contributed by atoms with Crippen LogP contribution < -0.4 is 9.47 Å².